The molecule has 1 saturated heterocycles. The Hall–Kier alpha value is -0.900. The number of morpholine rings is 1. The summed E-state index contributed by atoms with van der Waals surface area (Å²) in [6, 6.07) is 8.98. The van der Waals surface area contributed by atoms with Crippen molar-refractivity contribution in [3.05, 3.63) is 35.4 Å². The van der Waals surface area contributed by atoms with Gasteiger partial charge in [-0.25, -0.2) is 0 Å². The molecule has 110 valence electrons. The average molecular weight is 274 g/mol. The summed E-state index contributed by atoms with van der Waals surface area (Å²) in [5, 5.41) is 0. The van der Waals surface area contributed by atoms with Crippen molar-refractivity contribution >= 4 is 0 Å². The molecular weight excluding hydrogens is 248 g/mol. The monoisotopic (exact) mass is 274 g/mol. The fourth-order valence-corrected chi connectivity index (χ4v) is 3.54. The summed E-state index contributed by atoms with van der Waals surface area (Å²) in [5.74, 6) is 0.654. The van der Waals surface area contributed by atoms with Gasteiger partial charge in [-0.15, -0.1) is 0 Å². The summed E-state index contributed by atoms with van der Waals surface area (Å²) in [5.41, 5.74) is 9.64. The van der Waals surface area contributed by atoms with E-state index in [0.717, 1.165) is 32.7 Å². The molecule has 20 heavy (non-hydrogen) atoms. The average Bonchev–Trinajstić information content (AvgIpc) is 2.45. The normalized spacial score (nSPS) is 24.9. The van der Waals surface area contributed by atoms with Crippen molar-refractivity contribution in [1.29, 1.82) is 0 Å². The highest BCUT2D eigenvalue weighted by Gasteiger charge is 2.37. The Balaban J connectivity index is 1.63. The lowest BCUT2D eigenvalue weighted by atomic mass is 9.72. The molecule has 0 amide bonds. The number of nitrogens with two attached hydrogens (primary N) is 1. The van der Waals surface area contributed by atoms with Crippen LogP contribution in [-0.4, -0.2) is 42.8 Å². The van der Waals surface area contributed by atoms with Crippen LogP contribution in [-0.2, 0) is 11.2 Å². The highest BCUT2D eigenvalue weighted by molar-refractivity contribution is 5.40. The van der Waals surface area contributed by atoms with Crippen molar-refractivity contribution in [3.63, 3.8) is 0 Å². The van der Waals surface area contributed by atoms with Crippen LogP contribution in [0.3, 0.4) is 0 Å². The third-order valence-electron chi connectivity index (χ3n) is 5.23. The Morgan fingerprint density at radius 3 is 2.70 bits per heavy atom. The Morgan fingerprint density at radius 1 is 1.30 bits per heavy atom. The van der Waals surface area contributed by atoms with E-state index in [-0.39, 0.29) is 11.6 Å². The highest BCUT2D eigenvalue weighted by atomic mass is 16.5. The first-order chi connectivity index (χ1) is 9.59. The van der Waals surface area contributed by atoms with Gasteiger partial charge in [0.05, 0.1) is 13.2 Å². The van der Waals surface area contributed by atoms with E-state index >= 15 is 0 Å². The van der Waals surface area contributed by atoms with E-state index in [2.05, 4.69) is 43.0 Å². The summed E-state index contributed by atoms with van der Waals surface area (Å²) in [7, 11) is 0. The van der Waals surface area contributed by atoms with Crippen molar-refractivity contribution in [2.75, 3.05) is 26.3 Å². The Kier molecular flexibility index (Phi) is 3.85. The minimum Gasteiger partial charge on any atom is -0.379 e. The van der Waals surface area contributed by atoms with Gasteiger partial charge in [-0.05, 0) is 43.7 Å². The van der Waals surface area contributed by atoms with E-state index in [1.807, 2.05) is 0 Å². The molecule has 0 saturated carbocycles. The molecule has 2 atom stereocenters. The molecule has 3 heteroatoms. The van der Waals surface area contributed by atoms with Gasteiger partial charge in [-0.1, -0.05) is 24.3 Å². The number of fused-ring (bicyclic) bond motifs is 1. The van der Waals surface area contributed by atoms with Crippen molar-refractivity contribution in [3.8, 4) is 0 Å². The molecule has 2 N–H and O–H groups in total. The topological polar surface area (TPSA) is 38.5 Å². The van der Waals surface area contributed by atoms with Gasteiger partial charge in [0.25, 0.3) is 0 Å². The molecule has 1 fully saturated rings. The number of hydrogen-bond acceptors (Lipinski definition) is 3. The summed E-state index contributed by atoms with van der Waals surface area (Å²) in [6.45, 7) is 8.25. The van der Waals surface area contributed by atoms with Crippen LogP contribution in [0.15, 0.2) is 24.3 Å². The zero-order valence-corrected chi connectivity index (χ0v) is 12.6. The number of nitrogens with zero attached hydrogens (tertiary/aromatic N) is 1. The van der Waals surface area contributed by atoms with Gasteiger partial charge < -0.3 is 10.5 Å². The van der Waals surface area contributed by atoms with E-state index < -0.39 is 0 Å². The quantitative estimate of drug-likeness (QED) is 0.914. The van der Waals surface area contributed by atoms with Crippen molar-refractivity contribution < 1.29 is 4.74 Å². The Labute approximate surface area is 122 Å². The number of rotatable bonds is 4. The first kappa shape index (κ1) is 14.1. The lowest BCUT2D eigenvalue weighted by Crippen LogP contribution is -2.59. The zero-order valence-electron chi connectivity index (χ0n) is 12.6. The smallest absolute Gasteiger partial charge is 0.0594 e. The van der Waals surface area contributed by atoms with E-state index in [1.54, 1.807) is 0 Å². The molecule has 0 radical (unpaired) electrons. The molecule has 3 nitrogen and oxygen atoms in total. The van der Waals surface area contributed by atoms with Gasteiger partial charge >= 0.3 is 0 Å². The maximum absolute atomic E-state index is 6.57. The van der Waals surface area contributed by atoms with E-state index in [1.165, 1.54) is 17.5 Å². The SMILES string of the molecule is CC(C)(C(N)CC1Cc2ccccc21)N1CCOCC1. The molecule has 1 aliphatic carbocycles. The third-order valence-corrected chi connectivity index (χ3v) is 5.23. The lowest BCUT2D eigenvalue weighted by Gasteiger charge is -2.46. The first-order valence-electron chi connectivity index (χ1n) is 7.75. The largest absolute Gasteiger partial charge is 0.379 e. The molecule has 1 aromatic carbocycles. The van der Waals surface area contributed by atoms with Crippen LogP contribution in [0.5, 0.6) is 0 Å². The van der Waals surface area contributed by atoms with Gasteiger partial charge in [-0.2, -0.15) is 0 Å². The molecule has 1 aliphatic heterocycles. The minimum absolute atomic E-state index is 0.0499. The second kappa shape index (κ2) is 5.47. The number of hydrogen-bond donors (Lipinski definition) is 1. The zero-order chi connectivity index (χ0) is 14.2. The van der Waals surface area contributed by atoms with Crippen molar-refractivity contribution in [2.45, 2.75) is 44.2 Å². The van der Waals surface area contributed by atoms with Crippen molar-refractivity contribution in [1.82, 2.24) is 4.90 Å². The van der Waals surface area contributed by atoms with Crippen LogP contribution in [0.1, 0.15) is 37.3 Å². The first-order valence-corrected chi connectivity index (χ1v) is 7.75. The van der Waals surface area contributed by atoms with Gasteiger partial charge in [0.1, 0.15) is 0 Å². The van der Waals surface area contributed by atoms with E-state index in [4.69, 9.17) is 10.5 Å². The predicted molar refractivity (Wildman–Crippen MR) is 82.0 cm³/mol. The number of benzene rings is 1. The fraction of sp³-hybridized carbons (Fsp3) is 0.647. The van der Waals surface area contributed by atoms with E-state index in [0.29, 0.717) is 5.92 Å². The molecule has 1 aromatic rings. The maximum atomic E-state index is 6.57. The standard InChI is InChI=1S/C17H26N2O/c1-17(2,19-7-9-20-10-8-19)16(18)12-14-11-13-5-3-4-6-15(13)14/h3-6,14,16H,7-12,18H2,1-2H3. The maximum Gasteiger partial charge on any atom is 0.0594 e. The number of ether oxygens (including phenoxy) is 1. The predicted octanol–water partition coefficient (Wildman–Crippen LogP) is 2.15. The van der Waals surface area contributed by atoms with Crippen molar-refractivity contribution in [2.24, 2.45) is 5.73 Å². The summed E-state index contributed by atoms with van der Waals surface area (Å²) in [4.78, 5) is 2.49. The molecule has 2 unspecified atom stereocenters. The Bertz CT molecular complexity index is 466. The van der Waals surface area contributed by atoms with Crippen LogP contribution < -0.4 is 5.73 Å². The van der Waals surface area contributed by atoms with Crippen LogP contribution in [0.2, 0.25) is 0 Å². The molecule has 3 rings (SSSR count). The summed E-state index contributed by atoms with van der Waals surface area (Å²) < 4.78 is 5.45. The van der Waals surface area contributed by atoms with Crippen LogP contribution in [0.25, 0.3) is 0 Å². The minimum atomic E-state index is 0.0499. The Morgan fingerprint density at radius 2 is 2.00 bits per heavy atom. The fourth-order valence-electron chi connectivity index (χ4n) is 3.54. The van der Waals surface area contributed by atoms with Gasteiger partial charge in [0, 0.05) is 24.7 Å². The third kappa shape index (κ3) is 2.50. The summed E-state index contributed by atoms with van der Waals surface area (Å²) in [6.07, 6.45) is 2.28. The van der Waals surface area contributed by atoms with Crippen LogP contribution >= 0.6 is 0 Å². The molecular formula is C17H26N2O. The van der Waals surface area contributed by atoms with Gasteiger partial charge in [0.2, 0.25) is 0 Å². The second-order valence-corrected chi connectivity index (χ2v) is 6.70. The van der Waals surface area contributed by atoms with Crippen LogP contribution in [0, 0.1) is 0 Å². The van der Waals surface area contributed by atoms with E-state index in [9.17, 15) is 0 Å². The van der Waals surface area contributed by atoms with Gasteiger partial charge in [0.15, 0.2) is 0 Å². The molecule has 0 bridgehead atoms. The molecule has 0 aromatic heterocycles. The van der Waals surface area contributed by atoms with Crippen LogP contribution in [0.4, 0.5) is 0 Å². The molecule has 1 heterocycles. The molecule has 0 spiro atoms. The lowest BCUT2D eigenvalue weighted by molar-refractivity contribution is -0.0204. The second-order valence-electron chi connectivity index (χ2n) is 6.70. The van der Waals surface area contributed by atoms with Gasteiger partial charge in [-0.3, -0.25) is 4.90 Å². The highest BCUT2D eigenvalue weighted by Crippen LogP contribution is 2.39. The molecule has 2 aliphatic rings. The summed E-state index contributed by atoms with van der Waals surface area (Å²) >= 11 is 0.